The topological polar surface area (TPSA) is 50.4 Å². The van der Waals surface area contributed by atoms with E-state index in [0.717, 1.165) is 38.2 Å². The largest absolute Gasteiger partial charge is 0.493 e. The lowest BCUT2D eigenvalue weighted by Crippen LogP contribution is -2.46. The Hall–Kier alpha value is -1.55. The fraction of sp³-hybridized carbons (Fsp3) is 0.562. The van der Waals surface area contributed by atoms with Gasteiger partial charge in [0, 0.05) is 30.6 Å². The van der Waals surface area contributed by atoms with Gasteiger partial charge in [-0.15, -0.1) is 0 Å². The summed E-state index contributed by atoms with van der Waals surface area (Å²) in [5.74, 6) is 1.17. The van der Waals surface area contributed by atoms with E-state index in [1.165, 1.54) is 11.1 Å². The molecule has 108 valence electrons. The maximum absolute atomic E-state index is 11.2. The molecule has 0 aromatic heterocycles. The highest BCUT2D eigenvalue weighted by Gasteiger charge is 2.25. The molecule has 1 aromatic rings. The Morgan fingerprint density at radius 3 is 3.05 bits per heavy atom. The van der Waals surface area contributed by atoms with E-state index in [1.54, 1.807) is 0 Å². The summed E-state index contributed by atoms with van der Waals surface area (Å²) >= 11 is 0. The quantitative estimate of drug-likeness (QED) is 0.868. The number of hydrogen-bond donors (Lipinski definition) is 2. The molecule has 4 heteroatoms. The van der Waals surface area contributed by atoms with Crippen LogP contribution in [0.25, 0.3) is 0 Å². The van der Waals surface area contributed by atoms with E-state index in [9.17, 15) is 4.79 Å². The van der Waals surface area contributed by atoms with E-state index >= 15 is 0 Å². The van der Waals surface area contributed by atoms with Crippen LogP contribution in [0.1, 0.15) is 42.9 Å². The number of piperidine rings is 1. The first kappa shape index (κ1) is 13.4. The monoisotopic (exact) mass is 274 g/mol. The zero-order valence-corrected chi connectivity index (χ0v) is 11.9. The second-order valence-corrected chi connectivity index (χ2v) is 5.79. The normalized spacial score (nSPS) is 26.1. The van der Waals surface area contributed by atoms with Crippen molar-refractivity contribution < 1.29 is 9.53 Å². The number of benzene rings is 1. The van der Waals surface area contributed by atoms with E-state index in [1.807, 2.05) is 0 Å². The molecule has 0 saturated carbocycles. The molecular formula is C16H22N2O2. The minimum absolute atomic E-state index is 0.170. The summed E-state index contributed by atoms with van der Waals surface area (Å²) in [6.07, 6.45) is 3.69. The van der Waals surface area contributed by atoms with Crippen LogP contribution < -0.4 is 15.4 Å². The highest BCUT2D eigenvalue weighted by atomic mass is 16.5. The van der Waals surface area contributed by atoms with Gasteiger partial charge in [0.15, 0.2) is 0 Å². The summed E-state index contributed by atoms with van der Waals surface area (Å²) in [5.41, 5.74) is 2.53. The number of ether oxygens (including phenoxy) is 1. The second kappa shape index (κ2) is 5.83. The predicted molar refractivity (Wildman–Crippen MR) is 77.8 cm³/mol. The van der Waals surface area contributed by atoms with Gasteiger partial charge >= 0.3 is 0 Å². The summed E-state index contributed by atoms with van der Waals surface area (Å²) in [6, 6.07) is 7.09. The van der Waals surface area contributed by atoms with Gasteiger partial charge in [0.05, 0.1) is 6.61 Å². The second-order valence-electron chi connectivity index (χ2n) is 5.79. The first-order valence-corrected chi connectivity index (χ1v) is 7.48. The first-order chi connectivity index (χ1) is 9.72. The van der Waals surface area contributed by atoms with E-state index in [0.29, 0.717) is 18.5 Å². The highest BCUT2D eigenvalue weighted by Crippen LogP contribution is 2.32. The molecule has 0 aliphatic carbocycles. The van der Waals surface area contributed by atoms with Gasteiger partial charge in [-0.2, -0.15) is 0 Å². The summed E-state index contributed by atoms with van der Waals surface area (Å²) in [7, 11) is 0. The number of hydrogen-bond acceptors (Lipinski definition) is 3. The molecule has 2 aliphatic rings. The predicted octanol–water partition coefficient (Wildman–Crippen LogP) is 2.08. The number of carbonyl (C=O) groups is 1. The first-order valence-electron chi connectivity index (χ1n) is 7.48. The third-order valence-corrected chi connectivity index (χ3v) is 4.14. The lowest BCUT2D eigenvalue weighted by atomic mass is 9.97. The number of aryl methyl sites for hydroxylation is 1. The van der Waals surface area contributed by atoms with Crippen molar-refractivity contribution in [2.75, 3.05) is 13.2 Å². The van der Waals surface area contributed by atoms with Crippen molar-refractivity contribution in [3.63, 3.8) is 0 Å². The van der Waals surface area contributed by atoms with Crippen LogP contribution in [0, 0.1) is 6.92 Å². The Morgan fingerprint density at radius 1 is 1.35 bits per heavy atom. The minimum atomic E-state index is 0.170. The third kappa shape index (κ3) is 2.96. The standard InChI is InChI=1S/C16H22N2O2/c1-11-4-6-15-13(9-11)14(3-2-8-20-15)18-12-5-7-16(19)17-10-12/h4,6,9,12,14,18H,2-3,5,7-8,10H2,1H3,(H,17,19)/t12-,14-/m0/s1. The molecule has 4 nitrogen and oxygen atoms in total. The molecule has 1 aromatic carbocycles. The summed E-state index contributed by atoms with van der Waals surface area (Å²) in [5, 5.41) is 6.65. The summed E-state index contributed by atoms with van der Waals surface area (Å²) in [4.78, 5) is 11.2. The van der Waals surface area contributed by atoms with Gasteiger partial charge < -0.3 is 15.4 Å². The zero-order chi connectivity index (χ0) is 13.9. The van der Waals surface area contributed by atoms with Crippen molar-refractivity contribution >= 4 is 5.91 Å². The zero-order valence-electron chi connectivity index (χ0n) is 11.9. The van der Waals surface area contributed by atoms with Crippen molar-refractivity contribution in [2.24, 2.45) is 0 Å². The van der Waals surface area contributed by atoms with Gasteiger partial charge in [0.2, 0.25) is 5.91 Å². The van der Waals surface area contributed by atoms with Crippen molar-refractivity contribution in [3.05, 3.63) is 29.3 Å². The van der Waals surface area contributed by atoms with Crippen LogP contribution in [0.2, 0.25) is 0 Å². The van der Waals surface area contributed by atoms with Gasteiger partial charge in [-0.3, -0.25) is 4.79 Å². The van der Waals surface area contributed by atoms with Crippen LogP contribution in [0.15, 0.2) is 18.2 Å². The summed E-state index contributed by atoms with van der Waals surface area (Å²) < 4.78 is 5.83. The summed E-state index contributed by atoms with van der Waals surface area (Å²) in [6.45, 7) is 3.63. The lowest BCUT2D eigenvalue weighted by molar-refractivity contribution is -0.122. The Morgan fingerprint density at radius 2 is 2.25 bits per heavy atom. The van der Waals surface area contributed by atoms with Crippen molar-refractivity contribution in [2.45, 2.75) is 44.7 Å². The molecule has 2 N–H and O–H groups in total. The Bertz CT molecular complexity index is 491. The van der Waals surface area contributed by atoms with E-state index < -0.39 is 0 Å². The molecule has 1 fully saturated rings. The number of fused-ring (bicyclic) bond motifs is 1. The van der Waals surface area contributed by atoms with E-state index in [4.69, 9.17) is 4.74 Å². The van der Waals surface area contributed by atoms with Gasteiger partial charge in [-0.25, -0.2) is 0 Å². The molecule has 0 bridgehead atoms. The molecule has 0 spiro atoms. The number of amides is 1. The van der Waals surface area contributed by atoms with Crippen LogP contribution >= 0.6 is 0 Å². The van der Waals surface area contributed by atoms with Crippen molar-refractivity contribution in [1.29, 1.82) is 0 Å². The molecule has 1 amide bonds. The van der Waals surface area contributed by atoms with Gasteiger partial charge in [0.25, 0.3) is 0 Å². The van der Waals surface area contributed by atoms with Crippen molar-refractivity contribution in [1.82, 2.24) is 10.6 Å². The number of carbonyl (C=O) groups excluding carboxylic acids is 1. The van der Waals surface area contributed by atoms with Crippen LogP contribution in [0.3, 0.4) is 0 Å². The van der Waals surface area contributed by atoms with Gasteiger partial charge in [-0.05, 0) is 32.3 Å². The Balaban J connectivity index is 1.76. The fourth-order valence-corrected chi connectivity index (χ4v) is 3.03. The highest BCUT2D eigenvalue weighted by molar-refractivity contribution is 5.76. The Labute approximate surface area is 119 Å². The minimum Gasteiger partial charge on any atom is -0.493 e. The van der Waals surface area contributed by atoms with Crippen molar-refractivity contribution in [3.8, 4) is 5.75 Å². The smallest absolute Gasteiger partial charge is 0.220 e. The molecule has 3 rings (SSSR count). The fourth-order valence-electron chi connectivity index (χ4n) is 3.03. The third-order valence-electron chi connectivity index (χ3n) is 4.14. The molecule has 20 heavy (non-hydrogen) atoms. The number of nitrogens with one attached hydrogen (secondary N) is 2. The molecule has 2 aliphatic heterocycles. The van der Waals surface area contributed by atoms with Crippen LogP contribution in [0.5, 0.6) is 5.75 Å². The average molecular weight is 274 g/mol. The number of rotatable bonds is 2. The average Bonchev–Trinajstić information content (AvgIpc) is 2.64. The van der Waals surface area contributed by atoms with Gasteiger partial charge in [-0.1, -0.05) is 17.7 Å². The molecule has 2 heterocycles. The molecule has 1 saturated heterocycles. The molecule has 0 radical (unpaired) electrons. The molecular weight excluding hydrogens is 252 g/mol. The van der Waals surface area contributed by atoms with Crippen LogP contribution in [0.4, 0.5) is 0 Å². The maximum Gasteiger partial charge on any atom is 0.220 e. The van der Waals surface area contributed by atoms with Crippen LogP contribution in [-0.4, -0.2) is 25.1 Å². The molecule has 2 atom stereocenters. The van der Waals surface area contributed by atoms with E-state index in [-0.39, 0.29) is 5.91 Å². The maximum atomic E-state index is 11.2. The Kier molecular flexibility index (Phi) is 3.92. The van der Waals surface area contributed by atoms with Crippen LogP contribution in [-0.2, 0) is 4.79 Å². The molecule has 0 unspecified atom stereocenters. The van der Waals surface area contributed by atoms with E-state index in [2.05, 4.69) is 35.8 Å². The van der Waals surface area contributed by atoms with Gasteiger partial charge in [0.1, 0.15) is 5.75 Å². The lowest BCUT2D eigenvalue weighted by Gasteiger charge is -2.29. The SMILES string of the molecule is Cc1ccc2c(c1)[C@@H](N[C@H]1CCC(=O)NC1)CCCO2.